The molecule has 13 heteroatoms. The molecule has 12 nitrogen and oxygen atoms in total. The lowest BCUT2D eigenvalue weighted by atomic mass is 9.83. The summed E-state index contributed by atoms with van der Waals surface area (Å²) in [5.74, 6) is -5.12. The van der Waals surface area contributed by atoms with Crippen molar-refractivity contribution in [3.63, 3.8) is 0 Å². The molecular formula is C39H49N5O7S. The van der Waals surface area contributed by atoms with Crippen molar-refractivity contribution in [2.75, 3.05) is 19.1 Å². The van der Waals surface area contributed by atoms with Crippen molar-refractivity contribution in [2.24, 2.45) is 23.1 Å². The number of aromatic nitrogens is 2. The molecule has 0 radical (unpaired) electrons. The summed E-state index contributed by atoms with van der Waals surface area (Å²) in [6.07, 6.45) is 4.80. The average molecular weight is 732 g/mol. The van der Waals surface area contributed by atoms with Crippen LogP contribution in [0.2, 0.25) is 0 Å². The smallest absolute Gasteiger partial charge is 0.370 e. The number of Topliss-reactive ketones (excluding diaryl/α,β-unsaturated/α-hetero) is 1. The zero-order valence-corrected chi connectivity index (χ0v) is 31.4. The minimum absolute atomic E-state index is 0.0366. The molecule has 1 aromatic heterocycles. The van der Waals surface area contributed by atoms with Gasteiger partial charge in [-0.15, -0.1) is 0 Å². The number of thioether (sulfide) groups is 1. The first kappa shape index (κ1) is 40.2. The van der Waals surface area contributed by atoms with Crippen LogP contribution in [0.25, 0.3) is 10.8 Å². The van der Waals surface area contributed by atoms with Crippen LogP contribution in [0, 0.1) is 12.8 Å². The van der Waals surface area contributed by atoms with Crippen LogP contribution in [0.3, 0.4) is 0 Å². The molecule has 4 rings (SSSR count). The molecule has 0 fully saturated rings. The standard InChI is InChI=1S/C39H49N5O7S/c1-7-26(3)37(4,41)35(47)51-38(23-52-6,39(42,36(48)49-5)50-34(46)32(40)19-29-14-9-8-12-25(29)2)33(45)20-31-21-43-24-44(31)22-27-16-17-28-13-10-11-15-30(28)18-27/h8-18,21,24,26,32H,7,19-20,22-23,40-42H2,1-6H3. The number of aryl methyl sites for hydroxylation is 1. The quantitative estimate of drug-likeness (QED) is 0.0809. The molecule has 4 aromatic rings. The number of nitrogens with two attached hydrogens (primary N) is 3. The van der Waals surface area contributed by atoms with Gasteiger partial charge in [0.15, 0.2) is 5.78 Å². The monoisotopic (exact) mass is 731 g/mol. The highest BCUT2D eigenvalue weighted by molar-refractivity contribution is 7.98. The number of fused-ring (bicyclic) bond motifs is 1. The molecule has 3 aromatic carbocycles. The van der Waals surface area contributed by atoms with Gasteiger partial charge < -0.3 is 30.2 Å². The molecule has 5 unspecified atom stereocenters. The first-order chi connectivity index (χ1) is 24.6. The zero-order chi connectivity index (χ0) is 38.3. The fourth-order valence-corrected chi connectivity index (χ4v) is 6.81. The molecule has 0 saturated carbocycles. The summed E-state index contributed by atoms with van der Waals surface area (Å²) in [5.41, 5.74) is 15.4. The van der Waals surface area contributed by atoms with Crippen molar-refractivity contribution in [2.45, 2.75) is 76.4 Å². The van der Waals surface area contributed by atoms with Crippen molar-refractivity contribution in [1.82, 2.24) is 9.55 Å². The molecule has 0 aliphatic carbocycles. The van der Waals surface area contributed by atoms with E-state index in [1.54, 1.807) is 36.2 Å². The summed E-state index contributed by atoms with van der Waals surface area (Å²) in [4.78, 5) is 60.7. The Morgan fingerprint density at radius 2 is 1.63 bits per heavy atom. The van der Waals surface area contributed by atoms with E-state index in [-0.39, 0.29) is 6.42 Å². The van der Waals surface area contributed by atoms with E-state index in [9.17, 15) is 19.2 Å². The average Bonchev–Trinajstić information content (AvgIpc) is 3.56. The summed E-state index contributed by atoms with van der Waals surface area (Å²) < 4.78 is 18.7. The van der Waals surface area contributed by atoms with E-state index in [4.69, 9.17) is 31.4 Å². The minimum Gasteiger partial charge on any atom is -0.465 e. The van der Waals surface area contributed by atoms with Crippen molar-refractivity contribution in [3.8, 4) is 0 Å². The van der Waals surface area contributed by atoms with Crippen LogP contribution in [0.15, 0.2) is 79.3 Å². The highest BCUT2D eigenvalue weighted by atomic mass is 32.2. The maximum Gasteiger partial charge on any atom is 0.370 e. The molecule has 6 N–H and O–H groups in total. The molecule has 0 amide bonds. The molecule has 0 bridgehead atoms. The number of hydrogen-bond acceptors (Lipinski definition) is 12. The first-order valence-corrected chi connectivity index (χ1v) is 18.4. The second kappa shape index (κ2) is 16.8. The van der Waals surface area contributed by atoms with Gasteiger partial charge in [0.2, 0.25) is 5.60 Å². The normalized spacial score (nSPS) is 16.1. The van der Waals surface area contributed by atoms with E-state index in [2.05, 4.69) is 4.98 Å². The summed E-state index contributed by atoms with van der Waals surface area (Å²) in [7, 11) is 1.02. The lowest BCUT2D eigenvalue weighted by Crippen LogP contribution is -2.75. The van der Waals surface area contributed by atoms with Crippen molar-refractivity contribution < 1.29 is 33.4 Å². The zero-order valence-electron chi connectivity index (χ0n) is 30.6. The number of imidazole rings is 1. The van der Waals surface area contributed by atoms with Crippen LogP contribution in [0.4, 0.5) is 0 Å². The number of rotatable bonds is 17. The van der Waals surface area contributed by atoms with Crippen LogP contribution in [-0.4, -0.2) is 75.3 Å². The predicted octanol–water partition coefficient (Wildman–Crippen LogP) is 3.85. The number of esters is 3. The van der Waals surface area contributed by atoms with Gasteiger partial charge in [-0.3, -0.25) is 20.1 Å². The van der Waals surface area contributed by atoms with Crippen LogP contribution < -0.4 is 17.2 Å². The summed E-state index contributed by atoms with van der Waals surface area (Å²) in [6.45, 7) is 7.29. The minimum atomic E-state index is -2.98. The third-order valence-electron chi connectivity index (χ3n) is 9.80. The molecule has 0 saturated heterocycles. The van der Waals surface area contributed by atoms with Gasteiger partial charge in [-0.2, -0.15) is 11.8 Å². The Bertz CT molecular complexity index is 1910. The number of ketones is 1. The van der Waals surface area contributed by atoms with Crippen LogP contribution in [0.5, 0.6) is 0 Å². The van der Waals surface area contributed by atoms with Gasteiger partial charge in [-0.05, 0) is 66.0 Å². The van der Waals surface area contributed by atoms with E-state index in [0.717, 1.165) is 46.3 Å². The SMILES string of the molecule is CCC(C)C(C)(N)C(=O)OC(CSC)(C(=O)Cc1cncn1Cc1ccc2ccccc2c1)C(N)(OC(=O)C(N)Cc1ccccc1C)C(=O)OC. The number of ether oxygens (including phenoxy) is 3. The van der Waals surface area contributed by atoms with E-state index < -0.39 is 64.7 Å². The molecule has 0 aliphatic rings. The van der Waals surface area contributed by atoms with Gasteiger partial charge in [-0.1, -0.05) is 80.9 Å². The van der Waals surface area contributed by atoms with Crippen LogP contribution in [0.1, 0.15) is 49.6 Å². The number of benzene rings is 3. The Balaban J connectivity index is 1.78. The topological polar surface area (TPSA) is 192 Å². The van der Waals surface area contributed by atoms with E-state index in [1.807, 2.05) is 68.4 Å². The molecule has 278 valence electrons. The van der Waals surface area contributed by atoms with Gasteiger partial charge in [0, 0.05) is 24.2 Å². The van der Waals surface area contributed by atoms with E-state index in [0.29, 0.717) is 18.7 Å². The predicted molar refractivity (Wildman–Crippen MR) is 201 cm³/mol. The number of methoxy groups -OCH3 is 1. The number of nitrogens with zero attached hydrogens (tertiary/aromatic N) is 2. The summed E-state index contributed by atoms with van der Waals surface area (Å²) in [6, 6.07) is 20.0. The second-order valence-electron chi connectivity index (χ2n) is 13.4. The molecule has 1 heterocycles. The Morgan fingerprint density at radius 3 is 2.29 bits per heavy atom. The third-order valence-corrected chi connectivity index (χ3v) is 10.5. The van der Waals surface area contributed by atoms with Gasteiger partial charge in [0.25, 0.3) is 0 Å². The number of hydrogen-bond donors (Lipinski definition) is 3. The second-order valence-corrected chi connectivity index (χ2v) is 14.3. The lowest BCUT2D eigenvalue weighted by Gasteiger charge is -2.44. The van der Waals surface area contributed by atoms with Gasteiger partial charge >= 0.3 is 23.6 Å². The Hall–Kier alpha value is -4.56. The van der Waals surface area contributed by atoms with Gasteiger partial charge in [-0.25, -0.2) is 9.78 Å². The van der Waals surface area contributed by atoms with Gasteiger partial charge in [0.1, 0.15) is 11.6 Å². The Kier molecular flexibility index (Phi) is 13.0. The molecule has 0 spiro atoms. The van der Waals surface area contributed by atoms with E-state index >= 15 is 0 Å². The molecular weight excluding hydrogens is 683 g/mol. The molecule has 0 aliphatic heterocycles. The number of carbonyl (C=O) groups excluding carboxylic acids is 4. The first-order valence-electron chi connectivity index (χ1n) is 17.0. The Labute approximate surface area is 308 Å². The van der Waals surface area contributed by atoms with Crippen molar-refractivity contribution in [3.05, 3.63) is 102 Å². The van der Waals surface area contributed by atoms with Gasteiger partial charge in [0.05, 0.1) is 19.9 Å². The fourth-order valence-electron chi connectivity index (χ4n) is 5.97. The van der Waals surface area contributed by atoms with Crippen LogP contribution in [-0.2, 0) is 52.8 Å². The van der Waals surface area contributed by atoms with Crippen LogP contribution >= 0.6 is 11.8 Å². The number of carbonyl (C=O) groups is 4. The fraction of sp³-hybridized carbons (Fsp3) is 0.410. The maximum atomic E-state index is 14.9. The van der Waals surface area contributed by atoms with E-state index in [1.165, 1.54) is 13.1 Å². The highest BCUT2D eigenvalue weighted by Crippen LogP contribution is 2.36. The summed E-state index contributed by atoms with van der Waals surface area (Å²) >= 11 is 1.05. The van der Waals surface area contributed by atoms with Crippen molar-refractivity contribution >= 4 is 46.2 Å². The third kappa shape index (κ3) is 8.39. The largest absolute Gasteiger partial charge is 0.465 e. The maximum absolute atomic E-state index is 14.9. The Morgan fingerprint density at radius 1 is 0.962 bits per heavy atom. The summed E-state index contributed by atoms with van der Waals surface area (Å²) in [5, 5.41) is 2.12. The molecule has 5 atom stereocenters. The van der Waals surface area contributed by atoms with Crippen molar-refractivity contribution in [1.29, 1.82) is 0 Å². The highest BCUT2D eigenvalue weighted by Gasteiger charge is 2.66. The molecule has 52 heavy (non-hydrogen) atoms. The lowest BCUT2D eigenvalue weighted by molar-refractivity contribution is -0.221.